The van der Waals surface area contributed by atoms with Gasteiger partial charge in [-0.05, 0) is 43.3 Å². The van der Waals surface area contributed by atoms with Gasteiger partial charge in [0.25, 0.3) is 0 Å². The van der Waals surface area contributed by atoms with E-state index in [0.29, 0.717) is 11.8 Å². The van der Waals surface area contributed by atoms with Gasteiger partial charge in [-0.15, -0.1) is 0 Å². The fraction of sp³-hybridized carbons (Fsp3) is 0.933. The molecule has 1 rings (SSSR count). The van der Waals surface area contributed by atoms with E-state index in [9.17, 15) is 4.79 Å². The van der Waals surface area contributed by atoms with Crippen molar-refractivity contribution in [3.63, 3.8) is 0 Å². The third kappa shape index (κ3) is 5.64. The molecule has 0 N–H and O–H groups in total. The number of hydrogen-bond acceptors (Lipinski definition) is 2. The molecule has 0 aromatic heterocycles. The van der Waals surface area contributed by atoms with Crippen molar-refractivity contribution in [3.8, 4) is 0 Å². The molecule has 3 heteroatoms. The predicted octanol–water partition coefficient (Wildman–Crippen LogP) is 3.76. The van der Waals surface area contributed by atoms with E-state index in [0.717, 1.165) is 44.0 Å². The molecule has 18 heavy (non-hydrogen) atoms. The molecule has 1 fully saturated rings. The Labute approximate surface area is 118 Å². The Morgan fingerprint density at radius 3 is 2.61 bits per heavy atom. The van der Waals surface area contributed by atoms with Crippen molar-refractivity contribution < 1.29 is 4.79 Å². The highest BCUT2D eigenvalue weighted by atomic mass is 32.1. The molecule has 106 valence electrons. The summed E-state index contributed by atoms with van der Waals surface area (Å²) in [4.78, 5) is 14.1. The van der Waals surface area contributed by atoms with Crippen LogP contribution in [0.3, 0.4) is 0 Å². The van der Waals surface area contributed by atoms with Gasteiger partial charge < -0.3 is 4.90 Å². The van der Waals surface area contributed by atoms with Gasteiger partial charge in [-0.1, -0.05) is 26.7 Å². The highest BCUT2D eigenvalue weighted by Crippen LogP contribution is 2.25. The molecule has 1 atom stereocenters. The van der Waals surface area contributed by atoms with Crippen LogP contribution in [0.4, 0.5) is 0 Å². The molecular weight excluding hydrogens is 242 g/mol. The van der Waals surface area contributed by atoms with Crippen LogP contribution in [0.2, 0.25) is 0 Å². The second-order valence-electron chi connectivity index (χ2n) is 5.85. The molecule has 1 amide bonds. The smallest absolute Gasteiger partial charge is 0.222 e. The lowest BCUT2D eigenvalue weighted by molar-refractivity contribution is -0.130. The third-order valence-corrected chi connectivity index (χ3v) is 4.45. The summed E-state index contributed by atoms with van der Waals surface area (Å²) >= 11 is 4.22. The predicted molar refractivity (Wildman–Crippen MR) is 81.1 cm³/mol. The van der Waals surface area contributed by atoms with E-state index in [1.807, 2.05) is 0 Å². The number of amides is 1. The second kappa shape index (κ2) is 8.84. The molecule has 0 aromatic rings. The Balaban J connectivity index is 2.25. The van der Waals surface area contributed by atoms with Crippen LogP contribution in [0.1, 0.15) is 58.8 Å². The molecule has 0 saturated carbocycles. The average molecular weight is 271 g/mol. The second-order valence-corrected chi connectivity index (χ2v) is 6.30. The molecule has 1 heterocycles. The number of nitrogens with zero attached hydrogens (tertiary/aromatic N) is 1. The maximum absolute atomic E-state index is 12.0. The fourth-order valence-electron chi connectivity index (χ4n) is 2.73. The van der Waals surface area contributed by atoms with Gasteiger partial charge >= 0.3 is 0 Å². The van der Waals surface area contributed by atoms with Gasteiger partial charge in [0.15, 0.2) is 0 Å². The van der Waals surface area contributed by atoms with Gasteiger partial charge in [-0.3, -0.25) is 4.79 Å². The standard InChI is InChI=1S/C15H29NOS/c1-13(2)14-7-8-15(17)16(11-9-14)10-5-3-4-6-12-18/h13-14,18H,3-12H2,1-2H3. The lowest BCUT2D eigenvalue weighted by atomic mass is 9.89. The van der Waals surface area contributed by atoms with E-state index in [4.69, 9.17) is 0 Å². The molecule has 0 bridgehead atoms. The van der Waals surface area contributed by atoms with E-state index in [2.05, 4.69) is 31.4 Å². The first-order valence-electron chi connectivity index (χ1n) is 7.53. The number of thiol groups is 1. The van der Waals surface area contributed by atoms with Crippen LogP contribution < -0.4 is 0 Å². The first kappa shape index (κ1) is 15.9. The van der Waals surface area contributed by atoms with E-state index in [1.54, 1.807) is 0 Å². The minimum Gasteiger partial charge on any atom is -0.343 e. The van der Waals surface area contributed by atoms with E-state index < -0.39 is 0 Å². The summed E-state index contributed by atoms with van der Waals surface area (Å²) < 4.78 is 0. The van der Waals surface area contributed by atoms with Crippen LogP contribution in [-0.2, 0) is 4.79 Å². The van der Waals surface area contributed by atoms with Gasteiger partial charge in [-0.25, -0.2) is 0 Å². The average Bonchev–Trinajstić information content (AvgIpc) is 2.52. The summed E-state index contributed by atoms with van der Waals surface area (Å²) in [7, 11) is 0. The summed E-state index contributed by atoms with van der Waals surface area (Å²) in [5, 5.41) is 0. The third-order valence-electron chi connectivity index (χ3n) is 4.13. The Morgan fingerprint density at radius 1 is 1.22 bits per heavy atom. The summed E-state index contributed by atoms with van der Waals surface area (Å²) in [5.74, 6) is 2.82. The molecule has 1 saturated heterocycles. The van der Waals surface area contributed by atoms with Gasteiger partial charge in [-0.2, -0.15) is 12.6 Å². The van der Waals surface area contributed by atoms with E-state index >= 15 is 0 Å². The number of hydrogen-bond donors (Lipinski definition) is 1. The molecule has 0 radical (unpaired) electrons. The van der Waals surface area contributed by atoms with Gasteiger partial charge in [0, 0.05) is 19.5 Å². The monoisotopic (exact) mass is 271 g/mol. The Hall–Kier alpha value is -0.180. The maximum Gasteiger partial charge on any atom is 0.222 e. The molecule has 1 aliphatic rings. The molecule has 0 aromatic carbocycles. The number of carbonyl (C=O) groups excluding carboxylic acids is 1. The van der Waals surface area contributed by atoms with Crippen molar-refractivity contribution in [2.24, 2.45) is 11.8 Å². The Kier molecular flexibility index (Phi) is 7.80. The lowest BCUT2D eigenvalue weighted by Gasteiger charge is -2.21. The topological polar surface area (TPSA) is 20.3 Å². The first-order chi connectivity index (χ1) is 8.65. The Morgan fingerprint density at radius 2 is 1.94 bits per heavy atom. The highest BCUT2D eigenvalue weighted by Gasteiger charge is 2.23. The molecule has 1 aliphatic heterocycles. The van der Waals surface area contributed by atoms with Crippen LogP contribution in [0.25, 0.3) is 0 Å². The normalized spacial score (nSPS) is 21.4. The van der Waals surface area contributed by atoms with Crippen LogP contribution in [-0.4, -0.2) is 29.6 Å². The van der Waals surface area contributed by atoms with Crippen molar-refractivity contribution in [2.45, 2.75) is 58.8 Å². The fourth-order valence-corrected chi connectivity index (χ4v) is 2.95. The summed E-state index contributed by atoms with van der Waals surface area (Å²) in [5.41, 5.74) is 0. The SMILES string of the molecule is CC(C)C1CCC(=O)N(CCCCCCS)CC1. The Bertz CT molecular complexity index is 243. The molecule has 2 nitrogen and oxygen atoms in total. The quantitative estimate of drug-likeness (QED) is 0.552. The van der Waals surface area contributed by atoms with Crippen molar-refractivity contribution >= 4 is 18.5 Å². The summed E-state index contributed by atoms with van der Waals surface area (Å²) in [6.45, 7) is 6.51. The summed E-state index contributed by atoms with van der Waals surface area (Å²) in [6, 6.07) is 0. The zero-order valence-corrected chi connectivity index (χ0v) is 12.9. The van der Waals surface area contributed by atoms with E-state index in [-0.39, 0.29) is 0 Å². The van der Waals surface area contributed by atoms with Crippen molar-refractivity contribution in [1.29, 1.82) is 0 Å². The molecule has 0 aliphatic carbocycles. The maximum atomic E-state index is 12.0. The highest BCUT2D eigenvalue weighted by molar-refractivity contribution is 7.80. The first-order valence-corrected chi connectivity index (χ1v) is 8.17. The molecule has 0 spiro atoms. The van der Waals surface area contributed by atoms with Crippen LogP contribution in [0.5, 0.6) is 0 Å². The van der Waals surface area contributed by atoms with Crippen molar-refractivity contribution in [3.05, 3.63) is 0 Å². The molecule has 1 unspecified atom stereocenters. The molecular formula is C15H29NOS. The number of likely N-dealkylation sites (tertiary alicyclic amines) is 1. The van der Waals surface area contributed by atoms with Gasteiger partial charge in [0.05, 0.1) is 0 Å². The zero-order chi connectivity index (χ0) is 13.4. The van der Waals surface area contributed by atoms with Gasteiger partial charge in [0.2, 0.25) is 5.91 Å². The zero-order valence-electron chi connectivity index (χ0n) is 12.0. The number of unbranched alkanes of at least 4 members (excludes halogenated alkanes) is 3. The summed E-state index contributed by atoms with van der Waals surface area (Å²) in [6.07, 6.45) is 7.89. The van der Waals surface area contributed by atoms with Crippen molar-refractivity contribution in [1.82, 2.24) is 4.90 Å². The van der Waals surface area contributed by atoms with Crippen LogP contribution >= 0.6 is 12.6 Å². The number of carbonyl (C=O) groups is 1. The van der Waals surface area contributed by atoms with Gasteiger partial charge in [0.1, 0.15) is 0 Å². The minimum absolute atomic E-state index is 0.382. The number of rotatable bonds is 7. The lowest BCUT2D eigenvalue weighted by Crippen LogP contribution is -2.31. The van der Waals surface area contributed by atoms with E-state index in [1.165, 1.54) is 25.7 Å². The largest absolute Gasteiger partial charge is 0.343 e. The van der Waals surface area contributed by atoms with Crippen LogP contribution in [0.15, 0.2) is 0 Å². The van der Waals surface area contributed by atoms with Crippen LogP contribution in [0, 0.1) is 11.8 Å². The minimum atomic E-state index is 0.382. The van der Waals surface area contributed by atoms with Crippen molar-refractivity contribution in [2.75, 3.05) is 18.8 Å².